The van der Waals surface area contributed by atoms with Crippen LogP contribution in [0, 0.1) is 25.6 Å². The van der Waals surface area contributed by atoms with E-state index < -0.39 is 0 Å². The lowest BCUT2D eigenvalue weighted by molar-refractivity contribution is 0.0951. The summed E-state index contributed by atoms with van der Waals surface area (Å²) >= 11 is 0. The number of carbonyl (C=O) groups is 1. The number of fused-ring (bicyclic) bond motifs is 1. The van der Waals surface area contributed by atoms with Crippen molar-refractivity contribution in [3.05, 3.63) is 87.3 Å². The van der Waals surface area contributed by atoms with E-state index in [4.69, 9.17) is 4.74 Å². The van der Waals surface area contributed by atoms with Crippen molar-refractivity contribution < 1.29 is 13.9 Å². The van der Waals surface area contributed by atoms with Crippen LogP contribution in [0.5, 0.6) is 5.75 Å². The molecule has 1 atom stereocenters. The van der Waals surface area contributed by atoms with Crippen LogP contribution in [0.4, 0.5) is 10.2 Å². The van der Waals surface area contributed by atoms with Gasteiger partial charge in [-0.25, -0.2) is 9.37 Å². The lowest BCUT2D eigenvalue weighted by Gasteiger charge is -2.36. The third kappa shape index (κ3) is 5.13. The molecule has 1 fully saturated rings. The predicted molar refractivity (Wildman–Crippen MR) is 150 cm³/mol. The molecule has 0 aliphatic carbocycles. The Morgan fingerprint density at radius 1 is 1.21 bits per heavy atom. The first kappa shape index (κ1) is 26.5. The Bertz CT molecular complexity index is 1550. The topological polar surface area (TPSA) is 92.2 Å². The van der Waals surface area contributed by atoms with Gasteiger partial charge in [-0.1, -0.05) is 18.2 Å². The number of hydrogen-bond acceptors (Lipinski definition) is 5. The van der Waals surface area contributed by atoms with E-state index in [2.05, 4.69) is 37.7 Å². The van der Waals surface area contributed by atoms with Crippen LogP contribution in [0.15, 0.2) is 53.5 Å². The standard InChI is InChI=1S/C30H34FN5O3/c1-18-15-26(39-4)24(29(37)34-18)17-33-30(38)28-20(3)36(25-8-6-5-7-23(25)28)19(2)21-11-13-35(14-12-21)27-10-9-22(31)16-32-27/h5-10,15-16,19,21H,11-14,17H2,1-4H3,(H,33,38)(H,34,37). The third-order valence-corrected chi connectivity index (χ3v) is 7.92. The van der Waals surface area contributed by atoms with Crippen molar-refractivity contribution in [3.8, 4) is 5.75 Å². The minimum atomic E-state index is -0.332. The number of rotatable bonds is 7. The molecule has 8 nitrogen and oxygen atoms in total. The Morgan fingerprint density at radius 2 is 1.95 bits per heavy atom. The molecule has 0 radical (unpaired) electrons. The summed E-state index contributed by atoms with van der Waals surface area (Å²) in [5.74, 6) is 1.10. The highest BCUT2D eigenvalue weighted by Gasteiger charge is 2.29. The van der Waals surface area contributed by atoms with Crippen LogP contribution in [0.1, 0.15) is 53.1 Å². The van der Waals surface area contributed by atoms with E-state index in [0.29, 0.717) is 28.5 Å². The second-order valence-corrected chi connectivity index (χ2v) is 10.3. The molecule has 1 aromatic carbocycles. The summed E-state index contributed by atoms with van der Waals surface area (Å²) in [5.41, 5.74) is 3.33. The van der Waals surface area contributed by atoms with Crippen LogP contribution >= 0.6 is 0 Å². The zero-order valence-corrected chi connectivity index (χ0v) is 22.8. The number of pyridine rings is 2. The van der Waals surface area contributed by atoms with Gasteiger partial charge < -0.3 is 24.5 Å². The maximum absolute atomic E-state index is 13.5. The maximum atomic E-state index is 13.5. The number of carbonyl (C=O) groups excluding carboxylic acids is 1. The summed E-state index contributed by atoms with van der Waals surface area (Å²) in [6, 6.07) is 13.1. The number of piperidine rings is 1. The molecule has 4 heterocycles. The zero-order chi connectivity index (χ0) is 27.7. The molecular formula is C30H34FN5O3. The first-order chi connectivity index (χ1) is 18.8. The number of para-hydroxylation sites is 1. The van der Waals surface area contributed by atoms with E-state index >= 15 is 0 Å². The Hall–Kier alpha value is -4.14. The average Bonchev–Trinajstić information content (AvgIpc) is 3.23. The van der Waals surface area contributed by atoms with Gasteiger partial charge >= 0.3 is 0 Å². The summed E-state index contributed by atoms with van der Waals surface area (Å²) in [7, 11) is 1.51. The molecule has 0 spiro atoms. The molecule has 1 aliphatic rings. The van der Waals surface area contributed by atoms with Gasteiger partial charge in [0, 0.05) is 41.4 Å². The first-order valence-corrected chi connectivity index (χ1v) is 13.3. The van der Waals surface area contributed by atoms with Gasteiger partial charge in [-0.15, -0.1) is 0 Å². The summed E-state index contributed by atoms with van der Waals surface area (Å²) in [6.07, 6.45) is 3.18. The molecule has 3 aromatic heterocycles. The van der Waals surface area contributed by atoms with Crippen LogP contribution in [-0.2, 0) is 6.54 Å². The van der Waals surface area contributed by atoms with Crippen LogP contribution in [-0.4, -0.2) is 40.6 Å². The molecule has 0 bridgehead atoms. The highest BCUT2D eigenvalue weighted by molar-refractivity contribution is 6.08. The van der Waals surface area contributed by atoms with E-state index in [1.54, 1.807) is 19.1 Å². The number of ether oxygens (including phenoxy) is 1. The molecule has 2 N–H and O–H groups in total. The number of amides is 1. The van der Waals surface area contributed by atoms with Crippen molar-refractivity contribution in [3.63, 3.8) is 0 Å². The van der Waals surface area contributed by atoms with E-state index in [9.17, 15) is 14.0 Å². The number of hydrogen-bond donors (Lipinski definition) is 2. The van der Waals surface area contributed by atoms with E-state index in [1.165, 1.54) is 19.4 Å². The SMILES string of the molecule is COc1cc(C)[nH]c(=O)c1CNC(=O)c1c(C)n(C(C)C2CCN(c3ccc(F)cn3)CC2)c2ccccc12. The van der Waals surface area contributed by atoms with Crippen molar-refractivity contribution in [1.82, 2.24) is 19.9 Å². The maximum Gasteiger partial charge on any atom is 0.256 e. The minimum Gasteiger partial charge on any atom is -0.496 e. The molecule has 1 saturated heterocycles. The number of halogens is 1. The quantitative estimate of drug-likeness (QED) is 0.354. The number of aromatic amines is 1. The number of aromatic nitrogens is 3. The van der Waals surface area contributed by atoms with Crippen molar-refractivity contribution >= 4 is 22.6 Å². The lowest BCUT2D eigenvalue weighted by atomic mass is 9.90. The van der Waals surface area contributed by atoms with Crippen LogP contribution in [0.2, 0.25) is 0 Å². The largest absolute Gasteiger partial charge is 0.496 e. The molecule has 4 aromatic rings. The average molecular weight is 532 g/mol. The fourth-order valence-electron chi connectivity index (χ4n) is 5.87. The van der Waals surface area contributed by atoms with Crippen LogP contribution < -0.4 is 20.5 Å². The molecule has 1 unspecified atom stereocenters. The first-order valence-electron chi connectivity index (χ1n) is 13.3. The van der Waals surface area contributed by atoms with Gasteiger partial charge in [-0.2, -0.15) is 0 Å². The van der Waals surface area contributed by atoms with Gasteiger partial charge in [-0.3, -0.25) is 9.59 Å². The zero-order valence-electron chi connectivity index (χ0n) is 22.8. The van der Waals surface area contributed by atoms with Gasteiger partial charge in [0.15, 0.2) is 0 Å². The van der Waals surface area contributed by atoms with Crippen LogP contribution in [0.25, 0.3) is 10.9 Å². The molecule has 1 amide bonds. The normalized spacial score (nSPS) is 14.9. The summed E-state index contributed by atoms with van der Waals surface area (Å²) in [5, 5.41) is 3.84. The molecule has 5 rings (SSSR count). The second-order valence-electron chi connectivity index (χ2n) is 10.3. The van der Waals surface area contributed by atoms with E-state index in [-0.39, 0.29) is 29.9 Å². The van der Waals surface area contributed by atoms with Crippen LogP contribution in [0.3, 0.4) is 0 Å². The summed E-state index contributed by atoms with van der Waals surface area (Å²) in [4.78, 5) is 35.3. The third-order valence-electron chi connectivity index (χ3n) is 7.92. The number of nitrogens with zero attached hydrogens (tertiary/aromatic N) is 3. The smallest absolute Gasteiger partial charge is 0.256 e. The molecule has 0 saturated carbocycles. The Morgan fingerprint density at radius 3 is 2.64 bits per heavy atom. The van der Waals surface area contributed by atoms with Crippen molar-refractivity contribution in [1.29, 1.82) is 0 Å². The van der Waals surface area contributed by atoms with Crippen molar-refractivity contribution in [2.24, 2.45) is 5.92 Å². The minimum absolute atomic E-state index is 0.0575. The predicted octanol–water partition coefficient (Wildman–Crippen LogP) is 4.90. The Kier molecular flexibility index (Phi) is 7.41. The van der Waals surface area contributed by atoms with Gasteiger partial charge in [0.2, 0.25) is 0 Å². The van der Waals surface area contributed by atoms with Gasteiger partial charge in [0.05, 0.1) is 31.0 Å². The highest BCUT2D eigenvalue weighted by Crippen LogP contribution is 2.36. The molecule has 9 heteroatoms. The molecular weight excluding hydrogens is 497 g/mol. The van der Waals surface area contributed by atoms with Gasteiger partial charge in [-0.05, 0) is 63.8 Å². The fourth-order valence-corrected chi connectivity index (χ4v) is 5.87. The second kappa shape index (κ2) is 10.9. The number of benzene rings is 1. The fraction of sp³-hybridized carbons (Fsp3) is 0.367. The summed E-state index contributed by atoms with van der Waals surface area (Å²) < 4.78 is 21.0. The van der Waals surface area contributed by atoms with Crippen molar-refractivity contribution in [2.45, 2.75) is 46.2 Å². The van der Waals surface area contributed by atoms with Gasteiger partial charge in [0.1, 0.15) is 17.4 Å². The molecule has 204 valence electrons. The lowest BCUT2D eigenvalue weighted by Crippen LogP contribution is -2.36. The number of methoxy groups -OCH3 is 1. The number of H-pyrrole nitrogens is 1. The molecule has 1 aliphatic heterocycles. The highest BCUT2D eigenvalue weighted by atomic mass is 19.1. The Balaban J connectivity index is 1.37. The summed E-state index contributed by atoms with van der Waals surface area (Å²) in [6.45, 7) is 7.73. The van der Waals surface area contributed by atoms with E-state index in [1.807, 2.05) is 25.1 Å². The van der Waals surface area contributed by atoms with Gasteiger partial charge in [0.25, 0.3) is 11.5 Å². The van der Waals surface area contributed by atoms with Crippen molar-refractivity contribution in [2.75, 3.05) is 25.1 Å². The van der Waals surface area contributed by atoms with E-state index in [0.717, 1.165) is 48.3 Å². The number of nitrogens with one attached hydrogen (secondary N) is 2. The monoisotopic (exact) mass is 531 g/mol. The Labute approximate surface area is 226 Å². The number of anilines is 1. The molecule has 39 heavy (non-hydrogen) atoms. The number of aryl methyl sites for hydroxylation is 1.